The molecular formula is C17H22ClO2P. The second-order valence-corrected chi connectivity index (χ2v) is 7.16. The zero-order valence-corrected chi connectivity index (χ0v) is 14.6. The van der Waals surface area contributed by atoms with Gasteiger partial charge in [0.2, 0.25) is 0 Å². The lowest BCUT2D eigenvalue weighted by Crippen LogP contribution is -2.05. The number of halogens is 1. The van der Waals surface area contributed by atoms with Gasteiger partial charge in [0.15, 0.2) is 0 Å². The van der Waals surface area contributed by atoms with Gasteiger partial charge in [-0.15, -0.1) is 12.4 Å². The third-order valence-corrected chi connectivity index (χ3v) is 4.48. The first-order chi connectivity index (χ1) is 9.54. The van der Waals surface area contributed by atoms with Crippen LogP contribution in [0.2, 0.25) is 0 Å². The summed E-state index contributed by atoms with van der Waals surface area (Å²) in [5, 5.41) is 0. The van der Waals surface area contributed by atoms with E-state index in [1.807, 2.05) is 24.3 Å². The molecule has 21 heavy (non-hydrogen) atoms. The van der Waals surface area contributed by atoms with Gasteiger partial charge in [0.05, 0.1) is 0 Å². The third-order valence-electron chi connectivity index (χ3n) is 2.85. The molecule has 2 nitrogen and oxygen atoms in total. The Morgan fingerprint density at radius 3 is 1.33 bits per heavy atom. The van der Waals surface area contributed by atoms with Crippen molar-refractivity contribution in [1.82, 2.24) is 0 Å². The molecule has 114 valence electrons. The van der Waals surface area contributed by atoms with Gasteiger partial charge in [-0.3, -0.25) is 0 Å². The Labute approximate surface area is 134 Å². The van der Waals surface area contributed by atoms with Crippen LogP contribution in [0.25, 0.3) is 0 Å². The van der Waals surface area contributed by atoms with Crippen molar-refractivity contribution in [1.29, 1.82) is 0 Å². The molecule has 0 aliphatic heterocycles. The van der Waals surface area contributed by atoms with Crippen LogP contribution < -0.4 is 9.05 Å². The number of rotatable bonds is 5. The lowest BCUT2D eigenvalue weighted by Gasteiger charge is -2.21. The minimum atomic E-state index is -0.991. The molecule has 2 aromatic carbocycles. The van der Waals surface area contributed by atoms with Gasteiger partial charge in [0.1, 0.15) is 11.5 Å². The van der Waals surface area contributed by atoms with E-state index in [1.54, 1.807) is 0 Å². The molecule has 0 aliphatic carbocycles. The molecule has 0 aliphatic rings. The molecule has 0 atom stereocenters. The van der Waals surface area contributed by atoms with E-state index in [-0.39, 0.29) is 12.4 Å². The molecule has 0 amide bonds. The summed E-state index contributed by atoms with van der Waals surface area (Å²) in [6.07, 6.45) is 0. The Kier molecular flexibility index (Phi) is 7.01. The van der Waals surface area contributed by atoms with Crippen molar-refractivity contribution in [3.8, 4) is 11.5 Å². The zero-order chi connectivity index (χ0) is 14.5. The number of benzene rings is 2. The maximum atomic E-state index is 6.01. The van der Waals surface area contributed by atoms with Crippen LogP contribution >= 0.6 is 20.8 Å². The monoisotopic (exact) mass is 324 g/mol. The highest BCUT2D eigenvalue weighted by Gasteiger charge is 2.19. The van der Waals surface area contributed by atoms with Crippen molar-refractivity contribution in [3.05, 3.63) is 59.7 Å². The topological polar surface area (TPSA) is 18.5 Å². The average molecular weight is 325 g/mol. The fourth-order valence-electron chi connectivity index (χ4n) is 1.64. The van der Waals surface area contributed by atoms with Crippen molar-refractivity contribution >= 4 is 20.8 Å². The zero-order valence-electron chi connectivity index (χ0n) is 12.9. The molecule has 0 saturated carbocycles. The van der Waals surface area contributed by atoms with Gasteiger partial charge in [-0.25, -0.2) is 0 Å². The van der Waals surface area contributed by atoms with Crippen LogP contribution in [0.15, 0.2) is 48.5 Å². The van der Waals surface area contributed by atoms with E-state index in [9.17, 15) is 0 Å². The van der Waals surface area contributed by atoms with Crippen molar-refractivity contribution in [2.24, 2.45) is 0 Å². The lowest BCUT2D eigenvalue weighted by atomic mass is 10.2. The molecule has 0 fully saturated rings. The largest absolute Gasteiger partial charge is 0.438 e. The van der Waals surface area contributed by atoms with Crippen molar-refractivity contribution in [2.75, 3.05) is 0 Å². The summed E-state index contributed by atoms with van der Waals surface area (Å²) >= 11 is 0. The van der Waals surface area contributed by atoms with Crippen LogP contribution in [0.1, 0.15) is 25.0 Å². The van der Waals surface area contributed by atoms with Crippen molar-refractivity contribution in [2.45, 2.75) is 33.4 Å². The first kappa shape index (κ1) is 17.8. The predicted octanol–water partition coefficient (Wildman–Crippen LogP) is 5.90. The van der Waals surface area contributed by atoms with Gasteiger partial charge in [0.25, 0.3) is 8.38 Å². The summed E-state index contributed by atoms with van der Waals surface area (Å²) in [4.78, 5) is 0. The van der Waals surface area contributed by atoms with E-state index in [1.165, 1.54) is 11.1 Å². The van der Waals surface area contributed by atoms with E-state index in [2.05, 4.69) is 52.0 Å². The van der Waals surface area contributed by atoms with E-state index >= 15 is 0 Å². The van der Waals surface area contributed by atoms with E-state index in [4.69, 9.17) is 9.05 Å². The predicted molar refractivity (Wildman–Crippen MR) is 92.9 cm³/mol. The van der Waals surface area contributed by atoms with Crippen LogP contribution in [0.5, 0.6) is 11.5 Å². The van der Waals surface area contributed by atoms with Crippen LogP contribution in [0, 0.1) is 13.8 Å². The first-order valence-corrected chi connectivity index (χ1v) is 8.08. The summed E-state index contributed by atoms with van der Waals surface area (Å²) in [6, 6.07) is 16.2. The summed E-state index contributed by atoms with van der Waals surface area (Å²) in [7, 11) is -0.991. The smallest absolute Gasteiger partial charge is 0.293 e. The average Bonchev–Trinajstić information content (AvgIpc) is 2.42. The summed E-state index contributed by atoms with van der Waals surface area (Å²) in [5.41, 5.74) is 2.78. The molecule has 0 bridgehead atoms. The number of hydrogen-bond donors (Lipinski definition) is 0. The van der Waals surface area contributed by atoms with Gasteiger partial charge < -0.3 is 9.05 Å². The Hall–Kier alpha value is -1.24. The normalized spacial score (nSPS) is 10.4. The van der Waals surface area contributed by atoms with Gasteiger partial charge in [-0.2, -0.15) is 0 Å². The highest BCUT2D eigenvalue weighted by Crippen LogP contribution is 2.44. The molecular weight excluding hydrogens is 303 g/mol. The highest BCUT2D eigenvalue weighted by atomic mass is 35.5. The molecule has 4 heteroatoms. The Morgan fingerprint density at radius 1 is 0.714 bits per heavy atom. The number of aryl methyl sites for hydroxylation is 2. The maximum absolute atomic E-state index is 6.01. The fourth-order valence-corrected chi connectivity index (χ4v) is 2.75. The van der Waals surface area contributed by atoms with Crippen LogP contribution in [0.4, 0.5) is 0 Å². The molecule has 0 spiro atoms. The van der Waals surface area contributed by atoms with Gasteiger partial charge in [0, 0.05) is 5.66 Å². The first-order valence-electron chi connectivity index (χ1n) is 6.83. The third kappa shape index (κ3) is 5.57. The van der Waals surface area contributed by atoms with Crippen molar-refractivity contribution in [3.63, 3.8) is 0 Å². The van der Waals surface area contributed by atoms with Gasteiger partial charge in [-0.05, 0) is 38.1 Å². The minimum Gasteiger partial charge on any atom is -0.438 e. The van der Waals surface area contributed by atoms with Crippen LogP contribution in [-0.2, 0) is 0 Å². The Morgan fingerprint density at radius 2 is 1.05 bits per heavy atom. The van der Waals surface area contributed by atoms with E-state index < -0.39 is 8.38 Å². The molecule has 0 heterocycles. The second kappa shape index (κ2) is 8.26. The van der Waals surface area contributed by atoms with Crippen LogP contribution in [-0.4, -0.2) is 5.66 Å². The molecule has 0 unspecified atom stereocenters. The van der Waals surface area contributed by atoms with E-state index in [0.29, 0.717) is 5.66 Å². The molecule has 2 aromatic rings. The molecule has 0 N–H and O–H groups in total. The fraction of sp³-hybridized carbons (Fsp3) is 0.294. The second-order valence-electron chi connectivity index (χ2n) is 5.19. The van der Waals surface area contributed by atoms with Crippen molar-refractivity contribution < 1.29 is 9.05 Å². The SMILES string of the molecule is Cc1ccc(OP(Oc2ccc(C)cc2)C(C)C)cc1.Cl. The van der Waals surface area contributed by atoms with Gasteiger partial charge in [-0.1, -0.05) is 49.2 Å². The van der Waals surface area contributed by atoms with Crippen LogP contribution in [0.3, 0.4) is 0 Å². The molecule has 0 radical (unpaired) electrons. The standard InChI is InChI=1S/C17H21O2P.ClH/c1-13(2)20(18-16-9-5-14(3)6-10-16)19-17-11-7-15(4)8-12-17;/h5-13H,1-4H3;1H. The van der Waals surface area contributed by atoms with Gasteiger partial charge >= 0.3 is 0 Å². The summed E-state index contributed by atoms with van der Waals surface area (Å²) in [6.45, 7) is 8.37. The Bertz CT molecular complexity index is 490. The molecule has 0 saturated heterocycles. The summed E-state index contributed by atoms with van der Waals surface area (Å²) < 4.78 is 12.0. The molecule has 2 rings (SSSR count). The quantitative estimate of drug-likeness (QED) is 0.637. The highest BCUT2D eigenvalue weighted by molar-refractivity contribution is 7.48. The summed E-state index contributed by atoms with van der Waals surface area (Å²) in [5.74, 6) is 1.73. The molecule has 0 aromatic heterocycles. The number of hydrogen-bond acceptors (Lipinski definition) is 2. The van der Waals surface area contributed by atoms with E-state index in [0.717, 1.165) is 11.5 Å². The maximum Gasteiger partial charge on any atom is 0.293 e. The lowest BCUT2D eigenvalue weighted by molar-refractivity contribution is 0.479. The minimum absolute atomic E-state index is 0. The Balaban J connectivity index is 0.00000220.